The summed E-state index contributed by atoms with van der Waals surface area (Å²) >= 11 is 0. The lowest BCUT2D eigenvalue weighted by Crippen LogP contribution is -2.29. The SMILES string of the molecule is CCC(N)C(=O)c1nc2ccccc2o1.O=C(O)C(F)(F)F. The number of Topliss-reactive ketones (excluding diaryl/α,β-unsaturated/α-hetero) is 1. The third-order valence-electron chi connectivity index (χ3n) is 2.52. The van der Waals surface area contributed by atoms with Crippen LogP contribution in [0.3, 0.4) is 0 Å². The Hall–Kier alpha value is -2.42. The molecule has 0 amide bonds. The van der Waals surface area contributed by atoms with Crippen molar-refractivity contribution in [1.82, 2.24) is 4.98 Å². The van der Waals surface area contributed by atoms with Crippen LogP contribution >= 0.6 is 0 Å². The predicted octanol–water partition coefficient (Wildman–Crippen LogP) is 2.38. The first-order valence-corrected chi connectivity index (χ1v) is 6.12. The van der Waals surface area contributed by atoms with Crippen LogP contribution in [-0.2, 0) is 4.79 Å². The summed E-state index contributed by atoms with van der Waals surface area (Å²) in [6, 6.07) is 6.72. The molecule has 0 fully saturated rings. The van der Waals surface area contributed by atoms with Crippen LogP contribution in [0.15, 0.2) is 28.7 Å². The number of carbonyl (C=O) groups is 2. The number of benzene rings is 1. The van der Waals surface area contributed by atoms with E-state index in [0.717, 1.165) is 0 Å². The molecule has 0 spiro atoms. The highest BCUT2D eigenvalue weighted by Gasteiger charge is 2.38. The van der Waals surface area contributed by atoms with Gasteiger partial charge in [0.2, 0.25) is 5.78 Å². The van der Waals surface area contributed by atoms with Gasteiger partial charge in [0, 0.05) is 0 Å². The Kier molecular flexibility index (Phi) is 5.63. The van der Waals surface area contributed by atoms with Gasteiger partial charge >= 0.3 is 12.1 Å². The highest BCUT2D eigenvalue weighted by atomic mass is 19.4. The topological polar surface area (TPSA) is 106 Å². The second kappa shape index (κ2) is 7.03. The molecule has 0 saturated heterocycles. The average molecular weight is 318 g/mol. The van der Waals surface area contributed by atoms with E-state index in [0.29, 0.717) is 17.5 Å². The Labute approximate surface area is 122 Å². The number of carboxylic acid groups (broad SMARTS) is 1. The van der Waals surface area contributed by atoms with Crippen molar-refractivity contribution in [3.63, 3.8) is 0 Å². The molecule has 1 atom stereocenters. The summed E-state index contributed by atoms with van der Waals surface area (Å²) in [7, 11) is 0. The zero-order chi connectivity index (χ0) is 16.9. The van der Waals surface area contributed by atoms with Crippen molar-refractivity contribution in [3.05, 3.63) is 30.2 Å². The van der Waals surface area contributed by atoms with E-state index in [1.165, 1.54) is 0 Å². The van der Waals surface area contributed by atoms with Gasteiger partial charge < -0.3 is 15.3 Å². The van der Waals surface area contributed by atoms with Crippen molar-refractivity contribution in [3.8, 4) is 0 Å². The van der Waals surface area contributed by atoms with Gasteiger partial charge in [-0.25, -0.2) is 9.78 Å². The number of hydrogen-bond donors (Lipinski definition) is 2. The molecule has 9 heteroatoms. The van der Waals surface area contributed by atoms with Crippen molar-refractivity contribution >= 4 is 22.9 Å². The molecule has 0 radical (unpaired) electrons. The van der Waals surface area contributed by atoms with Gasteiger partial charge in [-0.05, 0) is 18.6 Å². The van der Waals surface area contributed by atoms with Crippen LogP contribution in [0, 0.1) is 0 Å². The predicted molar refractivity (Wildman–Crippen MR) is 70.3 cm³/mol. The number of ketones is 1. The maximum atomic E-state index is 11.7. The Bertz CT molecular complexity index is 634. The maximum absolute atomic E-state index is 11.7. The summed E-state index contributed by atoms with van der Waals surface area (Å²) in [6.45, 7) is 1.85. The van der Waals surface area contributed by atoms with Crippen LogP contribution in [0.4, 0.5) is 13.2 Å². The molecule has 3 N–H and O–H groups in total. The molecule has 0 aliphatic carbocycles. The second-order valence-electron chi connectivity index (χ2n) is 4.17. The van der Waals surface area contributed by atoms with Crippen LogP contribution in [0.1, 0.15) is 24.0 Å². The number of halogens is 3. The summed E-state index contributed by atoms with van der Waals surface area (Å²) in [4.78, 5) is 24.6. The number of fused-ring (bicyclic) bond motifs is 1. The molecule has 0 saturated carbocycles. The van der Waals surface area contributed by atoms with Crippen molar-refractivity contribution in [2.45, 2.75) is 25.6 Å². The fraction of sp³-hybridized carbons (Fsp3) is 0.308. The fourth-order valence-corrected chi connectivity index (χ4v) is 1.32. The molecule has 22 heavy (non-hydrogen) atoms. The largest absolute Gasteiger partial charge is 0.490 e. The van der Waals surface area contributed by atoms with Gasteiger partial charge in [0.1, 0.15) is 5.52 Å². The summed E-state index contributed by atoms with van der Waals surface area (Å²) < 4.78 is 37.0. The Morgan fingerprint density at radius 2 is 1.91 bits per heavy atom. The molecule has 2 aromatic rings. The number of aliphatic carboxylic acids is 1. The van der Waals surface area contributed by atoms with Crippen LogP contribution in [-0.4, -0.2) is 34.1 Å². The Morgan fingerprint density at radius 3 is 2.36 bits per heavy atom. The molecule has 0 aliphatic heterocycles. The van der Waals surface area contributed by atoms with Crippen molar-refractivity contribution in [1.29, 1.82) is 0 Å². The molecule has 1 unspecified atom stereocenters. The number of rotatable bonds is 3. The van der Waals surface area contributed by atoms with E-state index in [4.69, 9.17) is 20.1 Å². The third kappa shape index (κ3) is 4.55. The van der Waals surface area contributed by atoms with Crippen LogP contribution in [0.5, 0.6) is 0 Å². The molecule has 1 heterocycles. The van der Waals surface area contributed by atoms with E-state index in [2.05, 4.69) is 4.98 Å². The summed E-state index contributed by atoms with van der Waals surface area (Å²) in [5.41, 5.74) is 6.92. The second-order valence-corrected chi connectivity index (χ2v) is 4.17. The number of para-hydroxylation sites is 2. The number of hydrogen-bond acceptors (Lipinski definition) is 5. The van der Waals surface area contributed by atoms with E-state index in [1.807, 2.05) is 19.1 Å². The number of carbonyl (C=O) groups excluding carboxylic acids is 1. The first kappa shape index (κ1) is 17.6. The zero-order valence-electron chi connectivity index (χ0n) is 11.4. The molecule has 2 rings (SSSR count). The third-order valence-corrected chi connectivity index (χ3v) is 2.52. The number of aromatic nitrogens is 1. The Morgan fingerprint density at radius 1 is 1.36 bits per heavy atom. The minimum Gasteiger partial charge on any atom is -0.475 e. The molecular formula is C13H13F3N2O4. The van der Waals surface area contributed by atoms with Crippen molar-refractivity contribution in [2.24, 2.45) is 5.73 Å². The van der Waals surface area contributed by atoms with Gasteiger partial charge in [0.15, 0.2) is 5.58 Å². The molecular weight excluding hydrogens is 305 g/mol. The van der Waals surface area contributed by atoms with Crippen LogP contribution in [0.25, 0.3) is 11.1 Å². The van der Waals surface area contributed by atoms with Gasteiger partial charge in [-0.2, -0.15) is 13.2 Å². The van der Waals surface area contributed by atoms with Crippen molar-refractivity contribution < 1.29 is 32.3 Å². The quantitative estimate of drug-likeness (QED) is 0.842. The fourth-order valence-electron chi connectivity index (χ4n) is 1.32. The normalized spacial score (nSPS) is 12.4. The molecule has 120 valence electrons. The summed E-state index contributed by atoms with van der Waals surface area (Å²) in [5.74, 6) is -2.90. The minimum atomic E-state index is -5.08. The lowest BCUT2D eigenvalue weighted by molar-refractivity contribution is -0.192. The van der Waals surface area contributed by atoms with Gasteiger partial charge in [-0.15, -0.1) is 0 Å². The van der Waals surface area contributed by atoms with E-state index >= 15 is 0 Å². The van der Waals surface area contributed by atoms with Gasteiger partial charge in [0.05, 0.1) is 6.04 Å². The highest BCUT2D eigenvalue weighted by molar-refractivity contribution is 5.97. The van der Waals surface area contributed by atoms with E-state index in [1.54, 1.807) is 12.1 Å². The Balaban J connectivity index is 0.000000295. The highest BCUT2D eigenvalue weighted by Crippen LogP contribution is 2.16. The maximum Gasteiger partial charge on any atom is 0.490 e. The summed E-state index contributed by atoms with van der Waals surface area (Å²) in [5, 5.41) is 7.12. The van der Waals surface area contributed by atoms with E-state index in [-0.39, 0.29) is 11.7 Å². The molecule has 0 bridgehead atoms. The average Bonchev–Trinajstić information content (AvgIpc) is 2.89. The van der Waals surface area contributed by atoms with Crippen LogP contribution in [0.2, 0.25) is 0 Å². The molecule has 1 aromatic heterocycles. The first-order valence-electron chi connectivity index (χ1n) is 6.12. The van der Waals surface area contributed by atoms with Crippen molar-refractivity contribution in [2.75, 3.05) is 0 Å². The number of nitrogens with two attached hydrogens (primary N) is 1. The standard InChI is InChI=1S/C11H12N2O2.C2HF3O2/c1-2-7(12)10(14)11-13-8-5-3-4-6-9(8)15-11;3-2(4,5)1(6)7/h3-7H,2,12H2,1H3;(H,6,7). The monoisotopic (exact) mass is 318 g/mol. The number of nitrogens with zero attached hydrogens (tertiary/aromatic N) is 1. The number of carboxylic acids is 1. The summed E-state index contributed by atoms with van der Waals surface area (Å²) in [6.07, 6.45) is -4.50. The van der Waals surface area contributed by atoms with E-state index in [9.17, 15) is 18.0 Å². The van der Waals surface area contributed by atoms with Crippen LogP contribution < -0.4 is 5.73 Å². The number of oxazole rings is 1. The smallest absolute Gasteiger partial charge is 0.475 e. The lowest BCUT2D eigenvalue weighted by Gasteiger charge is -2.02. The van der Waals surface area contributed by atoms with Gasteiger partial charge in [-0.3, -0.25) is 4.79 Å². The number of alkyl halides is 3. The molecule has 0 aliphatic rings. The van der Waals surface area contributed by atoms with E-state index < -0.39 is 18.2 Å². The van der Waals surface area contributed by atoms with Gasteiger partial charge in [-0.1, -0.05) is 19.1 Å². The lowest BCUT2D eigenvalue weighted by atomic mass is 10.1. The van der Waals surface area contributed by atoms with Gasteiger partial charge in [0.25, 0.3) is 5.89 Å². The first-order chi connectivity index (χ1) is 10.2. The zero-order valence-corrected chi connectivity index (χ0v) is 11.4. The molecule has 1 aromatic carbocycles. The minimum absolute atomic E-state index is 0.102. The molecule has 6 nitrogen and oxygen atoms in total.